The van der Waals surface area contributed by atoms with Crippen LogP contribution < -0.4 is 0 Å². The van der Waals surface area contributed by atoms with Crippen LogP contribution in [0, 0.1) is 6.92 Å². The second kappa shape index (κ2) is 7.74. The van der Waals surface area contributed by atoms with Crippen LogP contribution in [-0.2, 0) is 16.0 Å². The zero-order chi connectivity index (χ0) is 15.9. The molecule has 0 aliphatic carbocycles. The fraction of sp³-hybridized carbons (Fsp3) is 0.368. The largest absolute Gasteiger partial charge is 0.463 e. The van der Waals surface area contributed by atoms with Crippen molar-refractivity contribution in [3.63, 3.8) is 0 Å². The molecule has 0 saturated carbocycles. The van der Waals surface area contributed by atoms with Gasteiger partial charge >= 0.3 is 5.97 Å². The number of rotatable bonds is 6. The summed E-state index contributed by atoms with van der Waals surface area (Å²) in [5.74, 6) is -0.313. The topological polar surface area (TPSA) is 39.2 Å². The number of nitrogens with zero attached hydrogens (tertiary/aromatic N) is 1. The van der Waals surface area contributed by atoms with E-state index in [0.29, 0.717) is 6.61 Å². The van der Waals surface area contributed by atoms with Crippen LogP contribution in [0.25, 0.3) is 17.0 Å². The van der Waals surface area contributed by atoms with Crippen LogP contribution >= 0.6 is 0 Å². The van der Waals surface area contributed by atoms with E-state index in [2.05, 4.69) is 30.1 Å². The molecule has 0 spiro atoms. The van der Waals surface area contributed by atoms with E-state index in [4.69, 9.17) is 4.74 Å². The molecule has 22 heavy (non-hydrogen) atoms. The van der Waals surface area contributed by atoms with E-state index in [1.165, 1.54) is 24.5 Å². The molecule has 0 fully saturated rings. The number of carbonyl (C=O) groups is 1. The highest BCUT2D eigenvalue weighted by Gasteiger charge is 2.04. The van der Waals surface area contributed by atoms with Crippen molar-refractivity contribution >= 4 is 22.9 Å². The summed E-state index contributed by atoms with van der Waals surface area (Å²) in [5.41, 5.74) is 4.22. The molecule has 0 aliphatic heterocycles. The van der Waals surface area contributed by atoms with E-state index in [1.807, 2.05) is 19.1 Å². The molecule has 0 unspecified atom stereocenters. The van der Waals surface area contributed by atoms with Gasteiger partial charge in [0.15, 0.2) is 0 Å². The minimum Gasteiger partial charge on any atom is -0.463 e. The Hall–Kier alpha value is -2.16. The fourth-order valence-electron chi connectivity index (χ4n) is 2.46. The van der Waals surface area contributed by atoms with Gasteiger partial charge < -0.3 is 4.74 Å². The van der Waals surface area contributed by atoms with Gasteiger partial charge in [0, 0.05) is 17.2 Å². The lowest BCUT2D eigenvalue weighted by Crippen LogP contribution is -1.99. The summed E-state index contributed by atoms with van der Waals surface area (Å²) in [5, 5.41) is 1.08. The van der Waals surface area contributed by atoms with Crippen molar-refractivity contribution in [2.45, 2.75) is 40.0 Å². The molecule has 0 saturated heterocycles. The maximum atomic E-state index is 11.5. The van der Waals surface area contributed by atoms with Gasteiger partial charge in [-0.1, -0.05) is 19.4 Å². The van der Waals surface area contributed by atoms with Crippen LogP contribution in [0.15, 0.2) is 30.3 Å². The monoisotopic (exact) mass is 297 g/mol. The van der Waals surface area contributed by atoms with Crippen molar-refractivity contribution in [2.75, 3.05) is 6.61 Å². The predicted octanol–water partition coefficient (Wildman–Crippen LogP) is 4.46. The lowest BCUT2D eigenvalue weighted by Gasteiger charge is -2.07. The molecule has 0 N–H and O–H groups in total. The number of hydrogen-bond acceptors (Lipinski definition) is 3. The third-order valence-corrected chi connectivity index (χ3v) is 3.54. The van der Waals surface area contributed by atoms with Crippen LogP contribution in [-0.4, -0.2) is 17.6 Å². The quantitative estimate of drug-likeness (QED) is 0.583. The number of ether oxygens (including phenoxy) is 1. The molecule has 0 amide bonds. The van der Waals surface area contributed by atoms with Gasteiger partial charge in [0.1, 0.15) is 0 Å². The Morgan fingerprint density at radius 3 is 2.82 bits per heavy atom. The van der Waals surface area contributed by atoms with Gasteiger partial charge in [-0.2, -0.15) is 0 Å². The third-order valence-electron chi connectivity index (χ3n) is 3.54. The maximum Gasteiger partial charge on any atom is 0.330 e. The standard InChI is InChI=1S/C19H23NO2/c1-4-6-7-15-8-10-18-17(13-15)16(12-14(3)20-18)9-11-19(21)22-5-2/h8-13H,4-7H2,1-3H3/b11-9+. The number of benzene rings is 1. The molecule has 2 rings (SSSR count). The molecular weight excluding hydrogens is 274 g/mol. The first-order valence-corrected chi connectivity index (χ1v) is 7.89. The summed E-state index contributed by atoms with van der Waals surface area (Å²) in [4.78, 5) is 16.1. The van der Waals surface area contributed by atoms with Crippen molar-refractivity contribution < 1.29 is 9.53 Å². The lowest BCUT2D eigenvalue weighted by molar-refractivity contribution is -0.137. The van der Waals surface area contributed by atoms with E-state index < -0.39 is 0 Å². The number of aryl methyl sites for hydroxylation is 2. The number of esters is 1. The molecule has 116 valence electrons. The van der Waals surface area contributed by atoms with Crippen LogP contribution in [0.1, 0.15) is 43.5 Å². The summed E-state index contributed by atoms with van der Waals surface area (Å²) in [6.07, 6.45) is 6.73. The smallest absolute Gasteiger partial charge is 0.330 e. The Balaban J connectivity index is 2.39. The number of unbranched alkanes of at least 4 members (excludes halogenated alkanes) is 1. The van der Waals surface area contributed by atoms with Crippen molar-refractivity contribution in [3.8, 4) is 0 Å². The number of pyridine rings is 1. The van der Waals surface area contributed by atoms with Crippen LogP contribution in [0.4, 0.5) is 0 Å². The van der Waals surface area contributed by atoms with E-state index in [9.17, 15) is 4.79 Å². The van der Waals surface area contributed by atoms with Crippen LogP contribution in [0.3, 0.4) is 0 Å². The molecule has 2 aromatic rings. The molecule has 1 aromatic carbocycles. The molecule has 1 heterocycles. The predicted molar refractivity (Wildman–Crippen MR) is 90.8 cm³/mol. The molecule has 1 aromatic heterocycles. The van der Waals surface area contributed by atoms with Crippen molar-refractivity contribution in [3.05, 3.63) is 47.2 Å². The summed E-state index contributed by atoms with van der Waals surface area (Å²) in [6, 6.07) is 8.39. The van der Waals surface area contributed by atoms with Crippen molar-refractivity contribution in [1.29, 1.82) is 0 Å². The van der Waals surface area contributed by atoms with Gasteiger partial charge in [0.25, 0.3) is 0 Å². The van der Waals surface area contributed by atoms with E-state index in [0.717, 1.165) is 28.6 Å². The highest BCUT2D eigenvalue weighted by Crippen LogP contribution is 2.22. The number of hydrogen-bond donors (Lipinski definition) is 0. The van der Waals surface area contributed by atoms with Gasteiger partial charge in [-0.3, -0.25) is 4.98 Å². The Morgan fingerprint density at radius 2 is 2.09 bits per heavy atom. The Kier molecular flexibility index (Phi) is 5.70. The summed E-state index contributed by atoms with van der Waals surface area (Å²) in [7, 11) is 0. The van der Waals surface area contributed by atoms with E-state index >= 15 is 0 Å². The number of aromatic nitrogens is 1. The third kappa shape index (κ3) is 4.17. The number of carbonyl (C=O) groups excluding carboxylic acids is 1. The summed E-state index contributed by atoms with van der Waals surface area (Å²) in [6.45, 7) is 6.35. The average Bonchev–Trinajstić information content (AvgIpc) is 2.51. The Labute approximate surface area is 132 Å². The zero-order valence-corrected chi connectivity index (χ0v) is 13.6. The first kappa shape index (κ1) is 16.2. The molecule has 3 nitrogen and oxygen atoms in total. The SMILES string of the molecule is CCCCc1ccc2nc(C)cc(/C=C/C(=O)OCC)c2c1. The van der Waals surface area contributed by atoms with Gasteiger partial charge in [-0.25, -0.2) is 4.79 Å². The van der Waals surface area contributed by atoms with Gasteiger partial charge in [-0.15, -0.1) is 0 Å². The summed E-state index contributed by atoms with van der Waals surface area (Å²) >= 11 is 0. The first-order valence-electron chi connectivity index (χ1n) is 7.89. The molecule has 0 bridgehead atoms. The van der Waals surface area contributed by atoms with Gasteiger partial charge in [0.2, 0.25) is 0 Å². The Bertz CT molecular complexity index is 689. The van der Waals surface area contributed by atoms with Crippen molar-refractivity contribution in [1.82, 2.24) is 4.98 Å². The average molecular weight is 297 g/mol. The maximum absolute atomic E-state index is 11.5. The van der Waals surface area contributed by atoms with Gasteiger partial charge in [-0.05, 0) is 62.1 Å². The zero-order valence-electron chi connectivity index (χ0n) is 13.6. The second-order valence-corrected chi connectivity index (χ2v) is 5.39. The lowest BCUT2D eigenvalue weighted by atomic mass is 10.0. The minimum atomic E-state index is -0.313. The summed E-state index contributed by atoms with van der Waals surface area (Å²) < 4.78 is 4.94. The molecule has 0 atom stereocenters. The fourth-order valence-corrected chi connectivity index (χ4v) is 2.46. The number of fused-ring (bicyclic) bond motifs is 1. The second-order valence-electron chi connectivity index (χ2n) is 5.39. The van der Waals surface area contributed by atoms with Crippen LogP contribution in [0.5, 0.6) is 0 Å². The van der Waals surface area contributed by atoms with E-state index in [-0.39, 0.29) is 5.97 Å². The van der Waals surface area contributed by atoms with Gasteiger partial charge in [0.05, 0.1) is 12.1 Å². The Morgan fingerprint density at radius 1 is 1.27 bits per heavy atom. The molecule has 0 aliphatic rings. The van der Waals surface area contributed by atoms with Crippen LogP contribution in [0.2, 0.25) is 0 Å². The molecule has 0 radical (unpaired) electrons. The molecule has 3 heteroatoms. The molecular formula is C19H23NO2. The first-order chi connectivity index (χ1) is 10.6. The van der Waals surface area contributed by atoms with Crippen molar-refractivity contribution in [2.24, 2.45) is 0 Å². The highest BCUT2D eigenvalue weighted by molar-refractivity contribution is 5.93. The minimum absolute atomic E-state index is 0.313. The normalized spacial score (nSPS) is 11.2. The van der Waals surface area contributed by atoms with E-state index in [1.54, 1.807) is 6.92 Å². The highest BCUT2D eigenvalue weighted by atomic mass is 16.5.